The molecule has 0 bridgehead atoms. The zero-order chi connectivity index (χ0) is 13.7. The van der Waals surface area contributed by atoms with Gasteiger partial charge in [0.1, 0.15) is 0 Å². The second-order valence-corrected chi connectivity index (χ2v) is 5.06. The first-order valence-electron chi connectivity index (χ1n) is 6.71. The Morgan fingerprint density at radius 1 is 1.32 bits per heavy atom. The van der Waals surface area contributed by atoms with Gasteiger partial charge >= 0.3 is 0 Å². The Morgan fingerprint density at radius 2 is 2.11 bits per heavy atom. The molecule has 2 N–H and O–H groups in total. The van der Waals surface area contributed by atoms with Gasteiger partial charge in [-0.15, -0.1) is 0 Å². The fraction of sp³-hybridized carbons (Fsp3) is 0.750. The molecule has 1 fully saturated rings. The van der Waals surface area contributed by atoms with Crippen molar-refractivity contribution in [1.82, 2.24) is 15.0 Å². The van der Waals surface area contributed by atoms with E-state index in [1.54, 1.807) is 0 Å². The molecule has 19 heavy (non-hydrogen) atoms. The third-order valence-corrected chi connectivity index (χ3v) is 3.13. The predicted molar refractivity (Wildman–Crippen MR) is 75.7 cm³/mol. The van der Waals surface area contributed by atoms with Gasteiger partial charge < -0.3 is 15.4 Å². The number of hydrogen-bond donors (Lipinski definition) is 2. The molecule has 2 heterocycles. The van der Waals surface area contributed by atoms with E-state index in [0.29, 0.717) is 17.9 Å². The van der Waals surface area contributed by atoms with E-state index in [1.165, 1.54) is 0 Å². The van der Waals surface area contributed by atoms with Crippen LogP contribution in [-0.2, 0) is 4.74 Å². The van der Waals surface area contributed by atoms with E-state index in [0.717, 1.165) is 32.4 Å². The molecule has 0 radical (unpaired) electrons. The van der Waals surface area contributed by atoms with Gasteiger partial charge in [0, 0.05) is 19.2 Å². The average molecular weight is 286 g/mol. The van der Waals surface area contributed by atoms with Crippen LogP contribution in [-0.4, -0.2) is 40.2 Å². The fourth-order valence-corrected chi connectivity index (χ4v) is 2.20. The van der Waals surface area contributed by atoms with E-state index in [4.69, 9.17) is 16.3 Å². The number of aromatic nitrogens is 3. The molecular weight excluding hydrogens is 266 g/mol. The highest BCUT2D eigenvalue weighted by molar-refractivity contribution is 6.28. The highest BCUT2D eigenvalue weighted by Gasteiger charge is 2.20. The largest absolute Gasteiger partial charge is 0.378 e. The molecule has 2 unspecified atom stereocenters. The molecule has 1 aliphatic heterocycles. The third-order valence-electron chi connectivity index (χ3n) is 2.96. The highest BCUT2D eigenvalue weighted by Crippen LogP contribution is 2.18. The summed E-state index contributed by atoms with van der Waals surface area (Å²) in [7, 11) is 0. The van der Waals surface area contributed by atoms with Crippen LogP contribution < -0.4 is 10.6 Å². The van der Waals surface area contributed by atoms with Crippen LogP contribution in [0.15, 0.2) is 0 Å². The van der Waals surface area contributed by atoms with E-state index in [9.17, 15) is 0 Å². The topological polar surface area (TPSA) is 72.0 Å². The van der Waals surface area contributed by atoms with Crippen LogP contribution in [0.5, 0.6) is 0 Å². The van der Waals surface area contributed by atoms with Crippen LogP contribution in [0.2, 0.25) is 5.28 Å². The fourth-order valence-electron chi connectivity index (χ4n) is 2.04. The molecule has 2 rings (SSSR count). The highest BCUT2D eigenvalue weighted by atomic mass is 35.5. The Morgan fingerprint density at radius 3 is 2.84 bits per heavy atom. The first-order chi connectivity index (χ1) is 9.17. The van der Waals surface area contributed by atoms with Crippen LogP contribution in [0.4, 0.5) is 11.9 Å². The van der Waals surface area contributed by atoms with Crippen LogP contribution >= 0.6 is 11.6 Å². The minimum Gasteiger partial charge on any atom is -0.378 e. The molecule has 0 saturated carbocycles. The van der Waals surface area contributed by atoms with Gasteiger partial charge in [-0.3, -0.25) is 0 Å². The number of nitrogens with zero attached hydrogens (tertiary/aromatic N) is 3. The van der Waals surface area contributed by atoms with E-state index >= 15 is 0 Å². The van der Waals surface area contributed by atoms with Crippen molar-refractivity contribution in [3.63, 3.8) is 0 Å². The van der Waals surface area contributed by atoms with E-state index in [2.05, 4.69) is 39.4 Å². The van der Waals surface area contributed by atoms with Crippen molar-refractivity contribution >= 4 is 23.5 Å². The number of halogens is 1. The molecule has 7 heteroatoms. The quantitative estimate of drug-likeness (QED) is 0.865. The SMILES string of the molecule is CCCNc1nc(Cl)nc(NC2CCOC(C)C2)n1. The Kier molecular flexibility index (Phi) is 5.15. The first kappa shape index (κ1) is 14.3. The van der Waals surface area contributed by atoms with Crippen molar-refractivity contribution in [2.24, 2.45) is 0 Å². The Bertz CT molecular complexity index is 417. The standard InChI is InChI=1S/C12H20ClN5O/c1-3-5-14-11-16-10(13)17-12(18-11)15-9-4-6-19-8(2)7-9/h8-9H,3-7H2,1-2H3,(H2,14,15,16,17,18). The first-order valence-corrected chi connectivity index (χ1v) is 7.08. The molecule has 0 aliphatic carbocycles. The summed E-state index contributed by atoms with van der Waals surface area (Å²) in [5.74, 6) is 1.04. The number of nitrogens with one attached hydrogen (secondary N) is 2. The molecule has 0 aromatic carbocycles. The predicted octanol–water partition coefficient (Wildman–Crippen LogP) is 2.33. The lowest BCUT2D eigenvalue weighted by atomic mass is 10.0. The summed E-state index contributed by atoms with van der Waals surface area (Å²) >= 11 is 5.91. The zero-order valence-electron chi connectivity index (χ0n) is 11.3. The molecule has 0 amide bonds. The minimum atomic E-state index is 0.205. The average Bonchev–Trinajstić information content (AvgIpc) is 2.35. The summed E-state index contributed by atoms with van der Waals surface area (Å²) in [5, 5.41) is 6.62. The number of ether oxygens (including phenoxy) is 1. The van der Waals surface area contributed by atoms with Gasteiger partial charge in [0.05, 0.1) is 6.10 Å². The summed E-state index contributed by atoms with van der Waals surface area (Å²) in [5.41, 5.74) is 0. The number of hydrogen-bond acceptors (Lipinski definition) is 6. The second kappa shape index (κ2) is 6.86. The maximum Gasteiger partial charge on any atom is 0.229 e. The van der Waals surface area contributed by atoms with Crippen molar-refractivity contribution in [3.8, 4) is 0 Å². The maximum atomic E-state index is 5.91. The Balaban J connectivity index is 2.00. The maximum absolute atomic E-state index is 5.91. The molecule has 1 saturated heterocycles. The van der Waals surface area contributed by atoms with Gasteiger partial charge in [-0.2, -0.15) is 15.0 Å². The van der Waals surface area contributed by atoms with Crippen LogP contribution in [0, 0.1) is 0 Å². The third kappa shape index (κ3) is 4.47. The van der Waals surface area contributed by atoms with Crippen molar-refractivity contribution in [3.05, 3.63) is 5.28 Å². The van der Waals surface area contributed by atoms with Crippen LogP contribution in [0.3, 0.4) is 0 Å². The minimum absolute atomic E-state index is 0.205. The second-order valence-electron chi connectivity index (χ2n) is 4.73. The molecule has 1 aromatic heterocycles. The normalized spacial score (nSPS) is 23.1. The molecule has 6 nitrogen and oxygen atoms in total. The van der Waals surface area contributed by atoms with Gasteiger partial charge in [0.15, 0.2) is 0 Å². The molecule has 0 spiro atoms. The van der Waals surface area contributed by atoms with Crippen molar-refractivity contribution in [1.29, 1.82) is 0 Å². The van der Waals surface area contributed by atoms with Crippen molar-refractivity contribution < 1.29 is 4.74 Å². The molecule has 1 aromatic rings. The van der Waals surface area contributed by atoms with Gasteiger partial charge in [-0.25, -0.2) is 0 Å². The molecule has 2 atom stereocenters. The van der Waals surface area contributed by atoms with Crippen molar-refractivity contribution in [2.75, 3.05) is 23.8 Å². The summed E-state index contributed by atoms with van der Waals surface area (Å²) < 4.78 is 5.51. The monoisotopic (exact) mass is 285 g/mol. The lowest BCUT2D eigenvalue weighted by molar-refractivity contribution is 0.0231. The number of anilines is 2. The lowest BCUT2D eigenvalue weighted by Crippen LogP contribution is -2.33. The van der Waals surface area contributed by atoms with Crippen molar-refractivity contribution in [2.45, 2.75) is 45.3 Å². The van der Waals surface area contributed by atoms with E-state index < -0.39 is 0 Å². The van der Waals surface area contributed by atoms with E-state index in [1.807, 2.05) is 0 Å². The van der Waals surface area contributed by atoms with Gasteiger partial charge in [-0.05, 0) is 37.8 Å². The smallest absolute Gasteiger partial charge is 0.229 e. The summed E-state index contributed by atoms with van der Waals surface area (Å²) in [6, 6.07) is 0.321. The Labute approximate surface area is 118 Å². The molecular formula is C12H20ClN5O. The van der Waals surface area contributed by atoms with Crippen LogP contribution in [0.1, 0.15) is 33.1 Å². The van der Waals surface area contributed by atoms with Gasteiger partial charge in [0.2, 0.25) is 17.2 Å². The summed E-state index contributed by atoms with van der Waals surface area (Å²) in [4.78, 5) is 12.5. The summed E-state index contributed by atoms with van der Waals surface area (Å²) in [6.07, 6.45) is 3.16. The van der Waals surface area contributed by atoms with Gasteiger partial charge in [-0.1, -0.05) is 6.92 Å². The molecule has 1 aliphatic rings. The molecule has 106 valence electrons. The number of rotatable bonds is 5. The van der Waals surface area contributed by atoms with Crippen LogP contribution in [0.25, 0.3) is 0 Å². The lowest BCUT2D eigenvalue weighted by Gasteiger charge is -2.27. The van der Waals surface area contributed by atoms with Gasteiger partial charge in [0.25, 0.3) is 0 Å². The summed E-state index contributed by atoms with van der Waals surface area (Å²) in [6.45, 7) is 5.73. The Hall–Kier alpha value is -1.14. The zero-order valence-corrected chi connectivity index (χ0v) is 12.1. The van der Waals surface area contributed by atoms with E-state index in [-0.39, 0.29) is 11.4 Å².